The Bertz CT molecular complexity index is 347. The van der Waals surface area contributed by atoms with Crippen molar-refractivity contribution in [1.29, 1.82) is 0 Å². The van der Waals surface area contributed by atoms with Crippen LogP contribution >= 0.6 is 0 Å². The molecule has 14 heavy (non-hydrogen) atoms. The van der Waals surface area contributed by atoms with Gasteiger partial charge in [0, 0.05) is 0 Å². The maximum Gasteiger partial charge on any atom is 0.573 e. The minimum Gasteiger partial charge on any atom is -0.505 e. The molecule has 2 nitrogen and oxygen atoms in total. The van der Waals surface area contributed by atoms with Crippen molar-refractivity contribution < 1.29 is 31.8 Å². The van der Waals surface area contributed by atoms with Crippen molar-refractivity contribution in [3.8, 4) is 11.5 Å². The van der Waals surface area contributed by atoms with Gasteiger partial charge >= 0.3 is 6.36 Å². The molecule has 0 spiro atoms. The predicted molar refractivity (Wildman–Crippen MR) is 34.7 cm³/mol. The maximum atomic E-state index is 12.7. The summed E-state index contributed by atoms with van der Waals surface area (Å²) in [4.78, 5) is 0. The van der Waals surface area contributed by atoms with Gasteiger partial charge in [0.1, 0.15) is 0 Å². The summed E-state index contributed by atoms with van der Waals surface area (Å²) >= 11 is 0. The van der Waals surface area contributed by atoms with Crippen LogP contribution in [-0.2, 0) is 0 Å². The number of alkyl halides is 3. The Hall–Kier alpha value is -1.53. The molecule has 7 heteroatoms. The van der Waals surface area contributed by atoms with Gasteiger partial charge in [-0.3, -0.25) is 0 Å². The number of aromatic hydroxyl groups is 1. The van der Waals surface area contributed by atoms with E-state index in [1.165, 1.54) is 0 Å². The number of benzene rings is 1. The van der Waals surface area contributed by atoms with Crippen molar-refractivity contribution in [2.24, 2.45) is 0 Å². The molecule has 0 saturated carbocycles. The van der Waals surface area contributed by atoms with Crippen molar-refractivity contribution in [2.75, 3.05) is 0 Å². The van der Waals surface area contributed by atoms with Gasteiger partial charge < -0.3 is 9.84 Å². The molecule has 0 aromatic heterocycles. The van der Waals surface area contributed by atoms with Crippen molar-refractivity contribution in [3.63, 3.8) is 0 Å². The lowest BCUT2D eigenvalue weighted by atomic mass is 10.3. The first-order chi connectivity index (χ1) is 6.31. The zero-order chi connectivity index (χ0) is 10.9. The van der Waals surface area contributed by atoms with Crippen LogP contribution in [0.1, 0.15) is 0 Å². The fourth-order valence-corrected chi connectivity index (χ4v) is 0.731. The largest absolute Gasteiger partial charge is 0.573 e. The quantitative estimate of drug-likeness (QED) is 0.728. The number of phenols is 1. The van der Waals surface area contributed by atoms with E-state index < -0.39 is 29.5 Å². The van der Waals surface area contributed by atoms with Crippen molar-refractivity contribution in [1.82, 2.24) is 0 Å². The zero-order valence-electron chi connectivity index (χ0n) is 6.40. The molecule has 0 radical (unpaired) electrons. The van der Waals surface area contributed by atoms with Crippen LogP contribution in [0.25, 0.3) is 0 Å². The number of phenolic OH excluding ortho intramolecular Hbond substituents is 1. The van der Waals surface area contributed by atoms with Gasteiger partial charge in [-0.05, 0) is 12.1 Å². The molecule has 0 aliphatic rings. The summed E-state index contributed by atoms with van der Waals surface area (Å²) < 4.78 is 63.1. The van der Waals surface area contributed by atoms with Gasteiger partial charge in [-0.15, -0.1) is 13.2 Å². The van der Waals surface area contributed by atoms with Crippen LogP contribution < -0.4 is 4.74 Å². The van der Waals surface area contributed by atoms with E-state index in [0.717, 1.165) is 0 Å². The Kier molecular flexibility index (Phi) is 2.50. The fourth-order valence-electron chi connectivity index (χ4n) is 0.731. The molecule has 1 aromatic carbocycles. The average molecular weight is 214 g/mol. The Balaban J connectivity index is 3.13. The standard InChI is InChI=1S/C7H3F5O2/c8-3-1-2-4(13)5(9)6(3)14-7(10,11)12/h1-2,13H. The Labute approximate surface area is 74.5 Å². The lowest BCUT2D eigenvalue weighted by molar-refractivity contribution is -0.276. The van der Waals surface area contributed by atoms with Crippen molar-refractivity contribution >= 4 is 0 Å². The second-order valence-corrected chi connectivity index (χ2v) is 2.26. The van der Waals surface area contributed by atoms with E-state index in [4.69, 9.17) is 5.11 Å². The minimum atomic E-state index is -5.21. The highest BCUT2D eigenvalue weighted by Gasteiger charge is 2.34. The van der Waals surface area contributed by atoms with Crippen LogP contribution in [0.3, 0.4) is 0 Å². The van der Waals surface area contributed by atoms with Gasteiger partial charge in [0.15, 0.2) is 11.6 Å². The third kappa shape index (κ3) is 2.24. The molecule has 1 aromatic rings. The summed E-state index contributed by atoms with van der Waals surface area (Å²) in [5.41, 5.74) is 0. The first kappa shape index (κ1) is 10.6. The van der Waals surface area contributed by atoms with Crippen LogP contribution in [-0.4, -0.2) is 11.5 Å². The molecule has 1 rings (SSSR count). The van der Waals surface area contributed by atoms with Crippen molar-refractivity contribution in [2.45, 2.75) is 6.36 Å². The molecule has 0 heterocycles. The SMILES string of the molecule is Oc1ccc(F)c(OC(F)(F)F)c1F. The summed E-state index contributed by atoms with van der Waals surface area (Å²) in [6, 6.07) is 1.04. The van der Waals surface area contributed by atoms with Crippen LogP contribution in [0.4, 0.5) is 22.0 Å². The minimum absolute atomic E-state index is 0.458. The lowest BCUT2D eigenvalue weighted by Crippen LogP contribution is -2.18. The summed E-state index contributed by atoms with van der Waals surface area (Å²) in [7, 11) is 0. The Morgan fingerprint density at radius 2 is 1.71 bits per heavy atom. The van der Waals surface area contributed by atoms with Crippen LogP contribution in [0, 0.1) is 11.6 Å². The van der Waals surface area contributed by atoms with E-state index in [2.05, 4.69) is 4.74 Å². The Morgan fingerprint density at radius 3 is 2.21 bits per heavy atom. The molecule has 0 atom stereocenters. The third-order valence-corrected chi connectivity index (χ3v) is 1.25. The molecule has 0 fully saturated rings. The van der Waals surface area contributed by atoms with E-state index in [-0.39, 0.29) is 0 Å². The molecule has 0 aliphatic carbocycles. The van der Waals surface area contributed by atoms with E-state index in [9.17, 15) is 22.0 Å². The topological polar surface area (TPSA) is 29.5 Å². The van der Waals surface area contributed by atoms with E-state index in [0.29, 0.717) is 12.1 Å². The molecule has 0 amide bonds. The smallest absolute Gasteiger partial charge is 0.505 e. The van der Waals surface area contributed by atoms with Crippen LogP contribution in [0.2, 0.25) is 0 Å². The summed E-state index contributed by atoms with van der Waals surface area (Å²) in [5.74, 6) is -6.12. The van der Waals surface area contributed by atoms with Crippen molar-refractivity contribution in [3.05, 3.63) is 23.8 Å². The van der Waals surface area contributed by atoms with Crippen LogP contribution in [0.15, 0.2) is 12.1 Å². The van der Waals surface area contributed by atoms with Gasteiger partial charge in [0.25, 0.3) is 0 Å². The Morgan fingerprint density at radius 1 is 1.14 bits per heavy atom. The molecule has 78 valence electrons. The second-order valence-electron chi connectivity index (χ2n) is 2.26. The fraction of sp³-hybridized carbons (Fsp3) is 0.143. The molecule has 0 bridgehead atoms. The predicted octanol–water partition coefficient (Wildman–Crippen LogP) is 2.57. The third-order valence-electron chi connectivity index (χ3n) is 1.25. The summed E-state index contributed by atoms with van der Waals surface area (Å²) in [6.07, 6.45) is -5.21. The molecule has 0 unspecified atom stereocenters. The lowest BCUT2D eigenvalue weighted by Gasteiger charge is -2.10. The van der Waals surface area contributed by atoms with Gasteiger partial charge in [-0.25, -0.2) is 4.39 Å². The number of ether oxygens (including phenoxy) is 1. The second kappa shape index (κ2) is 3.32. The van der Waals surface area contributed by atoms with Gasteiger partial charge in [-0.2, -0.15) is 4.39 Å². The molecular weight excluding hydrogens is 211 g/mol. The molecule has 0 aliphatic heterocycles. The normalized spacial score (nSPS) is 11.5. The van der Waals surface area contributed by atoms with Crippen LogP contribution in [0.5, 0.6) is 11.5 Å². The first-order valence-electron chi connectivity index (χ1n) is 3.24. The van der Waals surface area contributed by atoms with Gasteiger partial charge in [0.2, 0.25) is 11.6 Å². The monoisotopic (exact) mass is 214 g/mol. The first-order valence-corrected chi connectivity index (χ1v) is 3.24. The molecule has 0 saturated heterocycles. The molecular formula is C7H3F5O2. The maximum absolute atomic E-state index is 12.7. The summed E-state index contributed by atoms with van der Waals surface area (Å²) in [6.45, 7) is 0. The summed E-state index contributed by atoms with van der Waals surface area (Å²) in [5, 5.41) is 8.63. The number of hydrogen-bond acceptors (Lipinski definition) is 2. The van der Waals surface area contributed by atoms with Gasteiger partial charge in [0.05, 0.1) is 0 Å². The average Bonchev–Trinajstić information content (AvgIpc) is 2.04. The number of hydrogen-bond donors (Lipinski definition) is 1. The van der Waals surface area contributed by atoms with Gasteiger partial charge in [-0.1, -0.05) is 0 Å². The number of halogens is 5. The highest BCUT2D eigenvalue weighted by Crippen LogP contribution is 2.32. The highest BCUT2D eigenvalue weighted by atomic mass is 19.4. The van der Waals surface area contributed by atoms with E-state index in [1.807, 2.05) is 0 Å². The van der Waals surface area contributed by atoms with E-state index in [1.54, 1.807) is 0 Å². The highest BCUT2D eigenvalue weighted by molar-refractivity contribution is 5.36. The zero-order valence-corrected chi connectivity index (χ0v) is 6.40. The molecule has 1 N–H and O–H groups in total. The van der Waals surface area contributed by atoms with E-state index >= 15 is 0 Å². The number of rotatable bonds is 1.